The van der Waals surface area contributed by atoms with Gasteiger partial charge < -0.3 is 24.6 Å². The minimum Gasteiger partial charge on any atom is -0.497 e. The highest BCUT2D eigenvalue weighted by Crippen LogP contribution is 2.48. The third-order valence-corrected chi connectivity index (χ3v) is 12.2. The molecule has 7 rings (SSSR count). The Kier molecular flexibility index (Phi) is 10.7. The molecule has 2 unspecified atom stereocenters. The maximum atomic E-state index is 14.7. The molecule has 16 heteroatoms. The number of amides is 4. The molecule has 2 saturated carbocycles. The van der Waals surface area contributed by atoms with Crippen molar-refractivity contribution in [2.24, 2.45) is 17.3 Å². The molecule has 0 spiro atoms. The molecule has 0 radical (unpaired) electrons. The van der Waals surface area contributed by atoms with Crippen molar-refractivity contribution in [3.05, 3.63) is 67.3 Å². The van der Waals surface area contributed by atoms with Gasteiger partial charge in [-0.05, 0) is 36.8 Å². The zero-order chi connectivity index (χ0) is 41.0. The van der Waals surface area contributed by atoms with Crippen molar-refractivity contribution in [2.75, 3.05) is 26.7 Å². The van der Waals surface area contributed by atoms with E-state index in [2.05, 4.69) is 11.9 Å². The third kappa shape index (κ3) is 8.11. The van der Waals surface area contributed by atoms with E-state index in [-0.39, 0.29) is 25.8 Å². The summed E-state index contributed by atoms with van der Waals surface area (Å²) in [5, 5.41) is 3.51. The lowest BCUT2D eigenvalue weighted by Crippen LogP contribution is -2.59. The number of pyridine rings is 1. The molecule has 13 nitrogen and oxygen atoms in total. The van der Waals surface area contributed by atoms with Crippen LogP contribution in [0.1, 0.15) is 52.9 Å². The SMILES string of the molecule is C=CC1C[C@]1(NC(=O)[C@@H]1C[C@@H](Oc2cc(-c3ccccc3)nc3cc(OC)ccc23)CN1C(=O)[C@@H](CC(=O)N1CC(F)(F)C1)C(C)(C)C)C(=O)N(C1CC1)S(=O)O. The summed E-state index contributed by atoms with van der Waals surface area (Å²) in [6.45, 7) is 7.57. The first-order chi connectivity index (χ1) is 26.9. The van der Waals surface area contributed by atoms with Gasteiger partial charge in [-0.3, -0.25) is 23.7 Å². The average Bonchev–Trinajstić information content (AvgIpc) is 4.08. The van der Waals surface area contributed by atoms with E-state index in [1.165, 1.54) is 11.0 Å². The van der Waals surface area contributed by atoms with Crippen LogP contribution in [0, 0.1) is 17.3 Å². The molecule has 304 valence electrons. The van der Waals surface area contributed by atoms with Gasteiger partial charge in [-0.15, -0.1) is 6.58 Å². The largest absolute Gasteiger partial charge is 0.497 e. The maximum absolute atomic E-state index is 14.7. The highest BCUT2D eigenvalue weighted by Gasteiger charge is 2.64. The van der Waals surface area contributed by atoms with E-state index in [9.17, 15) is 36.7 Å². The Morgan fingerprint density at radius 3 is 2.40 bits per heavy atom. The molecule has 6 atom stereocenters. The minimum atomic E-state index is -2.99. The highest BCUT2D eigenvalue weighted by atomic mass is 32.2. The van der Waals surface area contributed by atoms with Gasteiger partial charge in [0, 0.05) is 47.9 Å². The fourth-order valence-corrected chi connectivity index (χ4v) is 8.63. The number of carbonyl (C=O) groups is 4. The van der Waals surface area contributed by atoms with Crippen LogP contribution in [-0.4, -0.2) is 108 Å². The maximum Gasteiger partial charge on any atom is 0.282 e. The number of carbonyl (C=O) groups excluding carboxylic acids is 4. The van der Waals surface area contributed by atoms with Crippen molar-refractivity contribution in [1.29, 1.82) is 0 Å². The van der Waals surface area contributed by atoms with Crippen LogP contribution in [0.2, 0.25) is 0 Å². The summed E-state index contributed by atoms with van der Waals surface area (Å²) in [7, 11) is 1.55. The predicted molar refractivity (Wildman–Crippen MR) is 207 cm³/mol. The molecule has 2 aromatic carbocycles. The second-order valence-electron chi connectivity index (χ2n) is 16.6. The molecular weight excluding hydrogens is 761 g/mol. The lowest BCUT2D eigenvalue weighted by atomic mass is 9.77. The lowest BCUT2D eigenvalue weighted by Gasteiger charge is -2.41. The molecule has 57 heavy (non-hydrogen) atoms. The van der Waals surface area contributed by atoms with Crippen LogP contribution >= 0.6 is 0 Å². The molecule has 2 aliphatic carbocycles. The van der Waals surface area contributed by atoms with E-state index in [0.717, 1.165) is 14.8 Å². The van der Waals surface area contributed by atoms with Crippen molar-refractivity contribution in [1.82, 2.24) is 24.4 Å². The van der Waals surface area contributed by atoms with Crippen LogP contribution in [-0.2, 0) is 30.4 Å². The molecule has 1 aromatic heterocycles. The van der Waals surface area contributed by atoms with Gasteiger partial charge in [0.05, 0.1) is 43.9 Å². The molecule has 3 aromatic rings. The Hall–Kier alpha value is -4.96. The number of nitrogens with one attached hydrogen (secondary N) is 1. The van der Waals surface area contributed by atoms with Gasteiger partial charge >= 0.3 is 0 Å². The molecule has 2 aliphatic heterocycles. The van der Waals surface area contributed by atoms with E-state index in [4.69, 9.17) is 14.5 Å². The first-order valence-electron chi connectivity index (χ1n) is 19.0. The van der Waals surface area contributed by atoms with Gasteiger partial charge in [0.2, 0.25) is 17.7 Å². The number of aromatic nitrogens is 1. The van der Waals surface area contributed by atoms with Gasteiger partial charge in [-0.1, -0.05) is 57.2 Å². The zero-order valence-corrected chi connectivity index (χ0v) is 33.1. The van der Waals surface area contributed by atoms with E-state index < -0.39 is 94.9 Å². The number of hydrogen-bond donors (Lipinski definition) is 2. The number of rotatable bonds is 13. The third-order valence-electron chi connectivity index (χ3n) is 11.4. The van der Waals surface area contributed by atoms with Gasteiger partial charge in [0.1, 0.15) is 29.2 Å². The second kappa shape index (κ2) is 15.1. The van der Waals surface area contributed by atoms with Crippen LogP contribution in [0.4, 0.5) is 8.78 Å². The Labute approximate surface area is 332 Å². The van der Waals surface area contributed by atoms with Crippen molar-refractivity contribution >= 4 is 45.8 Å². The number of hydrogen-bond acceptors (Lipinski definition) is 8. The van der Waals surface area contributed by atoms with Crippen molar-refractivity contribution in [2.45, 2.75) is 82.5 Å². The summed E-state index contributed by atoms with van der Waals surface area (Å²) in [5.74, 6) is -6.02. The molecule has 4 aliphatic rings. The van der Waals surface area contributed by atoms with Crippen molar-refractivity contribution in [3.8, 4) is 22.8 Å². The lowest BCUT2D eigenvalue weighted by molar-refractivity contribution is -0.169. The van der Waals surface area contributed by atoms with Crippen LogP contribution in [0.3, 0.4) is 0 Å². The molecule has 0 bridgehead atoms. The monoisotopic (exact) mass is 807 g/mol. The quantitative estimate of drug-likeness (QED) is 0.180. The van der Waals surface area contributed by atoms with Crippen LogP contribution < -0.4 is 14.8 Å². The molecular formula is C41H47F2N5O8S. The first-order valence-corrected chi connectivity index (χ1v) is 20.1. The average molecular weight is 808 g/mol. The van der Waals surface area contributed by atoms with E-state index in [1.54, 1.807) is 46.1 Å². The van der Waals surface area contributed by atoms with Crippen LogP contribution in [0.25, 0.3) is 22.2 Å². The number of ether oxygens (including phenoxy) is 2. The van der Waals surface area contributed by atoms with Crippen LogP contribution in [0.15, 0.2) is 67.3 Å². The van der Waals surface area contributed by atoms with Gasteiger partial charge in [0.15, 0.2) is 0 Å². The molecule has 4 fully saturated rings. The number of halogens is 2. The topological polar surface area (TPSA) is 159 Å². The Balaban J connectivity index is 1.22. The standard InChI is InChI=1S/C41H47F2N5O8S/c1-6-25-20-41(25,38(52)48(57(53)54)26-12-13-26)45-36(50)33-17-28(21-47(33)37(51)30(39(2,3)4)18-35(49)46-22-40(42,43)23-46)56-34-19-31(24-10-8-7-9-11-24)44-32-16-27(55-5)14-15-29(32)34/h6-11,14-16,19,25-26,28,30,33H,1,12-13,17-18,20-23H2,2-5H3,(H,45,50)(H,53,54)/t25?,28-,30-,33+,41-/m1/s1. The fraction of sp³-hybridized carbons (Fsp3) is 0.488. The van der Waals surface area contributed by atoms with Crippen molar-refractivity contribution < 1.29 is 46.2 Å². The summed E-state index contributed by atoms with van der Waals surface area (Å²) in [6.07, 6.45) is 1.64. The smallest absolute Gasteiger partial charge is 0.282 e. The van der Waals surface area contributed by atoms with Gasteiger partial charge in [-0.25, -0.2) is 22.3 Å². The minimum absolute atomic E-state index is 0.0112. The second-order valence-corrected chi connectivity index (χ2v) is 17.4. The predicted octanol–water partition coefficient (Wildman–Crippen LogP) is 4.98. The number of fused-ring (bicyclic) bond motifs is 1. The molecule has 3 heterocycles. The number of nitrogens with zero attached hydrogens (tertiary/aromatic N) is 4. The van der Waals surface area contributed by atoms with Gasteiger partial charge in [0.25, 0.3) is 23.1 Å². The summed E-state index contributed by atoms with van der Waals surface area (Å²) in [6, 6.07) is 15.0. The van der Waals surface area contributed by atoms with Crippen molar-refractivity contribution in [3.63, 3.8) is 0 Å². The number of likely N-dealkylation sites (tertiary alicyclic amines) is 2. The number of alkyl halides is 2. The normalized spacial score (nSPS) is 24.9. The summed E-state index contributed by atoms with van der Waals surface area (Å²) in [4.78, 5) is 63.6. The van der Waals surface area contributed by atoms with E-state index >= 15 is 0 Å². The number of methoxy groups -OCH3 is 1. The highest BCUT2D eigenvalue weighted by molar-refractivity contribution is 7.77. The Morgan fingerprint density at radius 1 is 1.12 bits per heavy atom. The molecule has 4 amide bonds. The first kappa shape index (κ1) is 40.2. The van der Waals surface area contributed by atoms with Gasteiger partial charge in [-0.2, -0.15) is 0 Å². The summed E-state index contributed by atoms with van der Waals surface area (Å²) >= 11 is -2.62. The number of benzene rings is 2. The summed E-state index contributed by atoms with van der Waals surface area (Å²) in [5.41, 5.74) is -0.352. The molecule has 2 saturated heterocycles. The summed E-state index contributed by atoms with van der Waals surface area (Å²) < 4.78 is 62.9. The van der Waals surface area contributed by atoms with E-state index in [1.807, 2.05) is 36.4 Å². The fourth-order valence-electron chi connectivity index (χ4n) is 7.86. The van der Waals surface area contributed by atoms with E-state index in [0.29, 0.717) is 40.9 Å². The Morgan fingerprint density at radius 2 is 1.82 bits per heavy atom. The Bertz CT molecular complexity index is 2120. The molecule has 2 N–H and O–H groups in total. The van der Waals surface area contributed by atoms with Crippen LogP contribution in [0.5, 0.6) is 11.5 Å². The zero-order valence-electron chi connectivity index (χ0n) is 32.3.